The Labute approximate surface area is 89.3 Å². The number of hydrogen-bond acceptors (Lipinski definition) is 2. The molecule has 3 heteroatoms. The van der Waals surface area contributed by atoms with Crippen molar-refractivity contribution in [1.82, 2.24) is 0 Å². The normalized spacial score (nSPS) is 27.9. The lowest BCUT2D eigenvalue weighted by Crippen LogP contribution is -2.41. The highest BCUT2D eigenvalue weighted by Crippen LogP contribution is 2.37. The van der Waals surface area contributed by atoms with Gasteiger partial charge in [-0.15, -0.1) is 0 Å². The van der Waals surface area contributed by atoms with Crippen molar-refractivity contribution in [3.8, 4) is 0 Å². The molecule has 2 atom stereocenters. The summed E-state index contributed by atoms with van der Waals surface area (Å²) in [6.45, 7) is 12.4. The zero-order valence-corrected chi connectivity index (χ0v) is 11.3. The molecule has 0 bridgehead atoms. The van der Waals surface area contributed by atoms with Crippen LogP contribution < -0.4 is 5.73 Å². The summed E-state index contributed by atoms with van der Waals surface area (Å²) < 4.78 is 6.08. The molecule has 0 aromatic heterocycles. The van der Waals surface area contributed by atoms with Gasteiger partial charge in [0.05, 0.1) is 0 Å². The van der Waals surface area contributed by atoms with Gasteiger partial charge in [-0.25, -0.2) is 0 Å². The molecule has 14 heavy (non-hydrogen) atoms. The second-order valence-electron chi connectivity index (χ2n) is 6.06. The van der Waals surface area contributed by atoms with Crippen molar-refractivity contribution in [2.24, 2.45) is 11.7 Å². The van der Waals surface area contributed by atoms with E-state index in [2.05, 4.69) is 33.9 Å². The molecule has 0 aromatic carbocycles. The van der Waals surface area contributed by atoms with E-state index >= 15 is 0 Å². The molecule has 0 amide bonds. The molecule has 0 spiro atoms. The molecule has 1 aliphatic rings. The molecule has 84 valence electrons. The number of hydrogen-bond donors (Lipinski definition) is 1. The van der Waals surface area contributed by atoms with E-state index in [1.807, 2.05) is 0 Å². The molecule has 1 fully saturated rings. The smallest absolute Gasteiger partial charge is 0.191 e. The van der Waals surface area contributed by atoms with Gasteiger partial charge in [-0.05, 0) is 36.9 Å². The molecule has 1 aliphatic carbocycles. The summed E-state index contributed by atoms with van der Waals surface area (Å²) in [6.07, 6.45) is 2.37. The average molecular weight is 215 g/mol. The monoisotopic (exact) mass is 215 g/mol. The van der Waals surface area contributed by atoms with Crippen molar-refractivity contribution in [3.63, 3.8) is 0 Å². The van der Waals surface area contributed by atoms with Crippen LogP contribution in [0.5, 0.6) is 0 Å². The minimum atomic E-state index is -1.51. The van der Waals surface area contributed by atoms with Crippen LogP contribution in [0.4, 0.5) is 0 Å². The van der Waals surface area contributed by atoms with E-state index in [9.17, 15) is 0 Å². The van der Waals surface area contributed by atoms with Crippen molar-refractivity contribution in [2.45, 2.75) is 57.8 Å². The van der Waals surface area contributed by atoms with Crippen molar-refractivity contribution in [3.05, 3.63) is 0 Å². The molecule has 0 aliphatic heterocycles. The van der Waals surface area contributed by atoms with Gasteiger partial charge in [0, 0.05) is 12.6 Å². The largest absolute Gasteiger partial charge is 0.417 e. The first-order valence-electron chi connectivity index (χ1n) is 5.63. The molecule has 0 radical (unpaired) electrons. The predicted octanol–water partition coefficient (Wildman–Crippen LogP) is 2.75. The van der Waals surface area contributed by atoms with Crippen molar-refractivity contribution in [1.29, 1.82) is 0 Å². The third-order valence-corrected chi connectivity index (χ3v) is 8.27. The van der Waals surface area contributed by atoms with E-state index in [-0.39, 0.29) is 0 Å². The molecular formula is C11H25NOSi. The van der Waals surface area contributed by atoms with Gasteiger partial charge in [-0.2, -0.15) is 0 Å². The van der Waals surface area contributed by atoms with Crippen LogP contribution in [0.25, 0.3) is 0 Å². The van der Waals surface area contributed by atoms with Gasteiger partial charge in [-0.1, -0.05) is 20.8 Å². The standard InChI is InChI=1S/C11H25NOSi/c1-11(2,3)14(4,5)13-7-6-9-8-10(9)12/h9-10H,6-8,12H2,1-5H3/t9-,10-/m0/s1. The first kappa shape index (κ1) is 12.2. The molecule has 1 saturated carbocycles. The third kappa shape index (κ3) is 3.07. The first-order valence-corrected chi connectivity index (χ1v) is 8.54. The predicted molar refractivity (Wildman–Crippen MR) is 63.8 cm³/mol. The fourth-order valence-electron chi connectivity index (χ4n) is 1.28. The van der Waals surface area contributed by atoms with E-state index in [4.69, 9.17) is 10.2 Å². The molecule has 2 N–H and O–H groups in total. The van der Waals surface area contributed by atoms with Crippen LogP contribution in [0.2, 0.25) is 18.1 Å². The Balaban J connectivity index is 2.22. The highest BCUT2D eigenvalue weighted by atomic mass is 28.4. The Morgan fingerprint density at radius 1 is 1.36 bits per heavy atom. The van der Waals surface area contributed by atoms with Crippen LogP contribution in [0, 0.1) is 5.92 Å². The highest BCUT2D eigenvalue weighted by Gasteiger charge is 2.38. The maximum Gasteiger partial charge on any atom is 0.191 e. The van der Waals surface area contributed by atoms with Crippen LogP contribution >= 0.6 is 0 Å². The fourth-order valence-corrected chi connectivity index (χ4v) is 2.35. The molecule has 0 saturated heterocycles. The van der Waals surface area contributed by atoms with Gasteiger partial charge in [-0.3, -0.25) is 0 Å². The van der Waals surface area contributed by atoms with Gasteiger partial charge in [0.1, 0.15) is 0 Å². The van der Waals surface area contributed by atoms with Crippen molar-refractivity contribution >= 4 is 8.32 Å². The first-order chi connectivity index (χ1) is 6.24. The van der Waals surface area contributed by atoms with Crippen LogP contribution in [0.1, 0.15) is 33.6 Å². The summed E-state index contributed by atoms with van der Waals surface area (Å²) in [5.74, 6) is 0.750. The lowest BCUT2D eigenvalue weighted by molar-refractivity contribution is 0.274. The molecular weight excluding hydrogens is 190 g/mol. The summed E-state index contributed by atoms with van der Waals surface area (Å²) in [4.78, 5) is 0. The van der Waals surface area contributed by atoms with Gasteiger partial charge in [0.15, 0.2) is 8.32 Å². The van der Waals surface area contributed by atoms with E-state index in [0.29, 0.717) is 11.1 Å². The summed E-state index contributed by atoms with van der Waals surface area (Å²) in [5, 5.41) is 0.332. The van der Waals surface area contributed by atoms with E-state index in [1.165, 1.54) is 6.42 Å². The van der Waals surface area contributed by atoms with Gasteiger partial charge in [0.2, 0.25) is 0 Å². The number of nitrogens with two attached hydrogens (primary N) is 1. The zero-order chi connectivity index (χ0) is 11.0. The van der Waals surface area contributed by atoms with E-state index in [1.54, 1.807) is 0 Å². The van der Waals surface area contributed by atoms with Gasteiger partial charge >= 0.3 is 0 Å². The summed E-state index contributed by atoms with van der Waals surface area (Å²) in [5.41, 5.74) is 5.76. The van der Waals surface area contributed by atoms with E-state index < -0.39 is 8.32 Å². The Kier molecular flexibility index (Phi) is 3.44. The Bertz CT molecular complexity index is 198. The maximum absolute atomic E-state index is 6.08. The minimum Gasteiger partial charge on any atom is -0.417 e. The zero-order valence-electron chi connectivity index (χ0n) is 10.3. The SMILES string of the molecule is CC(C)(C)[Si](C)(C)OCC[C@H]1C[C@@H]1N. The molecule has 2 nitrogen and oxygen atoms in total. The lowest BCUT2D eigenvalue weighted by atomic mass is 10.2. The second-order valence-corrected chi connectivity index (χ2v) is 10.9. The van der Waals surface area contributed by atoms with Gasteiger partial charge < -0.3 is 10.2 Å². The Morgan fingerprint density at radius 3 is 2.21 bits per heavy atom. The lowest BCUT2D eigenvalue weighted by Gasteiger charge is -2.36. The summed E-state index contributed by atoms with van der Waals surface area (Å²) in [6, 6.07) is 0.470. The Hall–Kier alpha value is 0.137. The second kappa shape index (κ2) is 3.95. The van der Waals surface area contributed by atoms with Crippen LogP contribution in [-0.2, 0) is 4.43 Å². The third-order valence-electron chi connectivity index (χ3n) is 3.74. The quantitative estimate of drug-likeness (QED) is 0.732. The Morgan fingerprint density at radius 2 is 1.86 bits per heavy atom. The molecule has 0 heterocycles. The van der Waals surface area contributed by atoms with Crippen molar-refractivity contribution < 1.29 is 4.43 Å². The number of rotatable bonds is 4. The summed E-state index contributed by atoms with van der Waals surface area (Å²) >= 11 is 0. The average Bonchev–Trinajstić information content (AvgIpc) is 2.63. The summed E-state index contributed by atoms with van der Waals surface area (Å²) in [7, 11) is -1.51. The fraction of sp³-hybridized carbons (Fsp3) is 1.00. The molecule has 1 rings (SSSR count). The van der Waals surface area contributed by atoms with Crippen molar-refractivity contribution in [2.75, 3.05) is 6.61 Å². The maximum atomic E-state index is 6.08. The highest BCUT2D eigenvalue weighted by molar-refractivity contribution is 6.74. The van der Waals surface area contributed by atoms with Crippen LogP contribution in [-0.4, -0.2) is 21.0 Å². The van der Waals surface area contributed by atoms with Crippen LogP contribution in [0.15, 0.2) is 0 Å². The topological polar surface area (TPSA) is 35.2 Å². The minimum absolute atomic E-state index is 0.332. The van der Waals surface area contributed by atoms with Gasteiger partial charge in [0.25, 0.3) is 0 Å². The molecule has 0 unspecified atom stereocenters. The molecule has 0 aromatic rings. The van der Waals surface area contributed by atoms with Crippen LogP contribution in [0.3, 0.4) is 0 Å². The van der Waals surface area contributed by atoms with E-state index in [0.717, 1.165) is 18.9 Å².